The molecule has 0 bridgehead atoms. The lowest BCUT2D eigenvalue weighted by Crippen LogP contribution is -2.38. The van der Waals surface area contributed by atoms with Gasteiger partial charge in [-0.3, -0.25) is 4.79 Å². The van der Waals surface area contributed by atoms with Crippen molar-refractivity contribution in [1.29, 1.82) is 0 Å². The average Bonchev–Trinajstić information content (AvgIpc) is 2.44. The largest absolute Gasteiger partial charge is 0.482 e. The lowest BCUT2D eigenvalue weighted by molar-refractivity contribution is -0.121. The number of carbonyl (C=O) groups is 1. The monoisotopic (exact) mass is 383 g/mol. The van der Waals surface area contributed by atoms with Gasteiger partial charge in [0.15, 0.2) is 6.61 Å². The second-order valence-electron chi connectivity index (χ2n) is 4.51. The van der Waals surface area contributed by atoms with Crippen LogP contribution < -0.4 is 9.64 Å². The lowest BCUT2D eigenvalue weighted by Gasteiger charge is -2.29. The van der Waals surface area contributed by atoms with Crippen LogP contribution in [0.3, 0.4) is 0 Å². The number of fused-ring (bicyclic) bond motifs is 1. The highest BCUT2D eigenvalue weighted by Crippen LogP contribution is 2.34. The van der Waals surface area contributed by atoms with Crippen LogP contribution in [-0.2, 0) is 11.3 Å². The van der Waals surface area contributed by atoms with Crippen LogP contribution in [0.2, 0.25) is 0 Å². The SMILES string of the molecule is O=C1COc2cc(I)ccc2N1Cc1ccc(F)cc1. The summed E-state index contributed by atoms with van der Waals surface area (Å²) in [5.74, 6) is 0.332. The Morgan fingerprint density at radius 1 is 1.20 bits per heavy atom. The molecular formula is C15H11FINO2. The first-order valence-corrected chi connectivity index (χ1v) is 7.18. The van der Waals surface area contributed by atoms with E-state index in [9.17, 15) is 9.18 Å². The average molecular weight is 383 g/mol. The summed E-state index contributed by atoms with van der Waals surface area (Å²) in [6, 6.07) is 11.9. The van der Waals surface area contributed by atoms with E-state index in [1.807, 2.05) is 18.2 Å². The highest BCUT2D eigenvalue weighted by Gasteiger charge is 2.25. The Balaban J connectivity index is 1.93. The standard InChI is InChI=1S/C15H11FINO2/c16-11-3-1-10(2-4-11)8-18-13-6-5-12(17)7-14(13)20-9-15(18)19/h1-7H,8-9H2. The van der Waals surface area contributed by atoms with Gasteiger partial charge in [-0.25, -0.2) is 4.39 Å². The van der Waals surface area contributed by atoms with E-state index < -0.39 is 0 Å². The Labute approximate surface area is 129 Å². The molecule has 2 aromatic carbocycles. The molecule has 0 radical (unpaired) electrons. The number of hydrogen-bond acceptors (Lipinski definition) is 2. The molecule has 0 spiro atoms. The summed E-state index contributed by atoms with van der Waals surface area (Å²) in [4.78, 5) is 13.7. The van der Waals surface area contributed by atoms with Crippen molar-refractivity contribution in [3.8, 4) is 5.75 Å². The van der Waals surface area contributed by atoms with Gasteiger partial charge in [-0.05, 0) is 58.5 Å². The predicted molar refractivity (Wildman–Crippen MR) is 82.2 cm³/mol. The fraction of sp³-hybridized carbons (Fsp3) is 0.133. The Kier molecular flexibility index (Phi) is 3.60. The van der Waals surface area contributed by atoms with Gasteiger partial charge < -0.3 is 9.64 Å². The molecular weight excluding hydrogens is 372 g/mol. The molecule has 20 heavy (non-hydrogen) atoms. The minimum atomic E-state index is -0.281. The molecule has 0 aliphatic carbocycles. The van der Waals surface area contributed by atoms with E-state index in [-0.39, 0.29) is 18.3 Å². The molecule has 1 aliphatic heterocycles. The zero-order valence-electron chi connectivity index (χ0n) is 10.5. The molecule has 0 fully saturated rings. The Hall–Kier alpha value is -1.63. The van der Waals surface area contributed by atoms with Gasteiger partial charge in [0.1, 0.15) is 11.6 Å². The van der Waals surface area contributed by atoms with Gasteiger partial charge >= 0.3 is 0 Å². The number of ether oxygens (including phenoxy) is 1. The summed E-state index contributed by atoms with van der Waals surface area (Å²) < 4.78 is 19.4. The first kappa shape index (κ1) is 13.4. The van der Waals surface area contributed by atoms with E-state index in [1.54, 1.807) is 17.0 Å². The smallest absolute Gasteiger partial charge is 0.265 e. The summed E-state index contributed by atoms with van der Waals surface area (Å²) in [5, 5.41) is 0. The summed E-state index contributed by atoms with van der Waals surface area (Å²) in [5.41, 5.74) is 1.64. The maximum absolute atomic E-state index is 12.9. The third kappa shape index (κ3) is 2.63. The second-order valence-corrected chi connectivity index (χ2v) is 5.75. The van der Waals surface area contributed by atoms with Crippen molar-refractivity contribution in [2.24, 2.45) is 0 Å². The highest BCUT2D eigenvalue weighted by atomic mass is 127. The Morgan fingerprint density at radius 2 is 1.95 bits per heavy atom. The van der Waals surface area contributed by atoms with Gasteiger partial charge in [-0.15, -0.1) is 0 Å². The van der Waals surface area contributed by atoms with E-state index in [1.165, 1.54) is 12.1 Å². The van der Waals surface area contributed by atoms with E-state index in [0.717, 1.165) is 14.8 Å². The quantitative estimate of drug-likeness (QED) is 0.745. The summed E-state index contributed by atoms with van der Waals surface area (Å²) >= 11 is 2.20. The number of halogens is 2. The van der Waals surface area contributed by atoms with Crippen molar-refractivity contribution in [2.75, 3.05) is 11.5 Å². The molecule has 0 saturated carbocycles. The number of nitrogens with zero attached hydrogens (tertiary/aromatic N) is 1. The predicted octanol–water partition coefficient (Wildman–Crippen LogP) is 3.36. The first-order valence-electron chi connectivity index (χ1n) is 6.10. The normalized spacial score (nSPS) is 13.9. The molecule has 3 nitrogen and oxygen atoms in total. The van der Waals surface area contributed by atoms with Gasteiger partial charge in [-0.2, -0.15) is 0 Å². The fourth-order valence-electron chi connectivity index (χ4n) is 2.12. The van der Waals surface area contributed by atoms with Crippen LogP contribution in [0.5, 0.6) is 5.75 Å². The zero-order chi connectivity index (χ0) is 14.1. The molecule has 3 rings (SSSR count). The number of benzene rings is 2. The van der Waals surface area contributed by atoms with Crippen LogP contribution in [0, 0.1) is 9.39 Å². The summed E-state index contributed by atoms with van der Waals surface area (Å²) in [6.45, 7) is 0.449. The summed E-state index contributed by atoms with van der Waals surface area (Å²) in [7, 11) is 0. The van der Waals surface area contributed by atoms with E-state index >= 15 is 0 Å². The topological polar surface area (TPSA) is 29.5 Å². The van der Waals surface area contributed by atoms with Crippen LogP contribution in [0.15, 0.2) is 42.5 Å². The molecule has 1 aliphatic rings. The van der Waals surface area contributed by atoms with Crippen LogP contribution in [-0.4, -0.2) is 12.5 Å². The number of hydrogen-bond donors (Lipinski definition) is 0. The summed E-state index contributed by atoms with van der Waals surface area (Å²) in [6.07, 6.45) is 0. The molecule has 0 saturated heterocycles. The molecule has 2 aromatic rings. The number of carbonyl (C=O) groups excluding carboxylic acids is 1. The van der Waals surface area contributed by atoms with E-state index in [0.29, 0.717) is 12.3 Å². The van der Waals surface area contributed by atoms with Crippen molar-refractivity contribution in [3.63, 3.8) is 0 Å². The van der Waals surface area contributed by atoms with Crippen molar-refractivity contribution in [3.05, 3.63) is 57.4 Å². The van der Waals surface area contributed by atoms with Gasteiger partial charge in [-0.1, -0.05) is 12.1 Å². The van der Waals surface area contributed by atoms with Crippen molar-refractivity contribution in [1.82, 2.24) is 0 Å². The van der Waals surface area contributed by atoms with Gasteiger partial charge in [0.2, 0.25) is 0 Å². The van der Waals surface area contributed by atoms with Gasteiger partial charge in [0.05, 0.1) is 12.2 Å². The van der Waals surface area contributed by atoms with Gasteiger partial charge in [0.25, 0.3) is 5.91 Å². The fourth-order valence-corrected chi connectivity index (χ4v) is 2.59. The van der Waals surface area contributed by atoms with Crippen molar-refractivity contribution >= 4 is 34.2 Å². The van der Waals surface area contributed by atoms with Gasteiger partial charge in [0, 0.05) is 3.57 Å². The van der Waals surface area contributed by atoms with E-state index in [2.05, 4.69) is 22.6 Å². The molecule has 1 amide bonds. The first-order chi connectivity index (χ1) is 9.63. The molecule has 5 heteroatoms. The van der Waals surface area contributed by atoms with Crippen LogP contribution >= 0.6 is 22.6 Å². The number of rotatable bonds is 2. The zero-order valence-corrected chi connectivity index (χ0v) is 12.6. The van der Waals surface area contributed by atoms with Crippen LogP contribution in [0.1, 0.15) is 5.56 Å². The van der Waals surface area contributed by atoms with E-state index in [4.69, 9.17) is 4.74 Å². The molecule has 0 N–H and O–H groups in total. The molecule has 1 heterocycles. The van der Waals surface area contributed by atoms with Crippen LogP contribution in [0.4, 0.5) is 10.1 Å². The van der Waals surface area contributed by atoms with Crippen LogP contribution in [0.25, 0.3) is 0 Å². The minimum absolute atomic E-state index is 0.0360. The maximum atomic E-state index is 12.9. The third-order valence-electron chi connectivity index (χ3n) is 3.12. The molecule has 0 aromatic heterocycles. The minimum Gasteiger partial charge on any atom is -0.482 e. The second kappa shape index (κ2) is 5.40. The Bertz CT molecular complexity index is 657. The highest BCUT2D eigenvalue weighted by molar-refractivity contribution is 14.1. The molecule has 102 valence electrons. The van der Waals surface area contributed by atoms with Crippen molar-refractivity contribution < 1.29 is 13.9 Å². The molecule has 0 atom stereocenters. The Morgan fingerprint density at radius 3 is 2.70 bits per heavy atom. The third-order valence-corrected chi connectivity index (χ3v) is 3.79. The lowest BCUT2D eigenvalue weighted by atomic mass is 10.1. The number of anilines is 1. The number of amides is 1. The van der Waals surface area contributed by atoms with Crippen molar-refractivity contribution in [2.45, 2.75) is 6.54 Å². The maximum Gasteiger partial charge on any atom is 0.265 e. The molecule has 0 unspecified atom stereocenters.